The molecule has 0 bridgehead atoms. The van der Waals surface area contributed by atoms with Crippen LogP contribution in [0.2, 0.25) is 0 Å². The molecule has 0 fully saturated rings. The number of carbonyl (C=O) groups is 2. The van der Waals surface area contributed by atoms with E-state index in [1.54, 1.807) is 30.3 Å². The second kappa shape index (κ2) is 6.84. The van der Waals surface area contributed by atoms with Gasteiger partial charge in [0, 0.05) is 0 Å². The zero-order valence-electron chi connectivity index (χ0n) is 11.5. The summed E-state index contributed by atoms with van der Waals surface area (Å²) in [5.74, 6) is -1.92. The highest BCUT2D eigenvalue weighted by atomic mass is 16.5. The quantitative estimate of drug-likeness (QED) is 0.620. The minimum atomic E-state index is -1.82. The lowest BCUT2D eigenvalue weighted by Crippen LogP contribution is -2.36. The third-order valence-corrected chi connectivity index (χ3v) is 3.15. The second-order valence-corrected chi connectivity index (χ2v) is 4.63. The predicted octanol–water partition coefficient (Wildman–Crippen LogP) is 1.17. The number of carbonyl (C=O) groups excluding carboxylic acids is 1. The summed E-state index contributed by atoms with van der Waals surface area (Å²) in [5.41, 5.74) is 0.300. The van der Waals surface area contributed by atoms with E-state index in [1.165, 1.54) is 24.3 Å². The number of aliphatic hydroxyl groups is 2. The van der Waals surface area contributed by atoms with Gasteiger partial charge in [-0.2, -0.15) is 0 Å². The lowest BCUT2D eigenvalue weighted by molar-refractivity contribution is -0.0661. The van der Waals surface area contributed by atoms with Gasteiger partial charge in [0.25, 0.3) is 5.91 Å². The molecular formula is C16H15NO5. The van der Waals surface area contributed by atoms with Crippen molar-refractivity contribution in [2.24, 2.45) is 0 Å². The van der Waals surface area contributed by atoms with Gasteiger partial charge in [0.1, 0.15) is 6.04 Å². The van der Waals surface area contributed by atoms with Gasteiger partial charge in [-0.05, 0) is 17.7 Å². The SMILES string of the molecule is O=C(O)c1ccccc1C(=O)NC(c1ccccc1)C(O)O. The van der Waals surface area contributed by atoms with Crippen LogP contribution in [0.5, 0.6) is 0 Å². The van der Waals surface area contributed by atoms with E-state index in [2.05, 4.69) is 5.32 Å². The van der Waals surface area contributed by atoms with Crippen molar-refractivity contribution in [3.8, 4) is 0 Å². The van der Waals surface area contributed by atoms with E-state index < -0.39 is 24.2 Å². The molecular weight excluding hydrogens is 286 g/mol. The van der Waals surface area contributed by atoms with Crippen molar-refractivity contribution in [3.63, 3.8) is 0 Å². The van der Waals surface area contributed by atoms with E-state index in [0.29, 0.717) is 5.56 Å². The third kappa shape index (κ3) is 3.49. The molecule has 1 unspecified atom stereocenters. The summed E-state index contributed by atoms with van der Waals surface area (Å²) in [4.78, 5) is 23.4. The first-order valence-corrected chi connectivity index (χ1v) is 6.55. The highest BCUT2D eigenvalue weighted by Gasteiger charge is 2.24. The minimum Gasteiger partial charge on any atom is -0.478 e. The molecule has 0 aliphatic carbocycles. The molecule has 2 rings (SSSR count). The average molecular weight is 301 g/mol. The maximum atomic E-state index is 12.3. The molecule has 0 spiro atoms. The fourth-order valence-corrected chi connectivity index (χ4v) is 2.08. The predicted molar refractivity (Wildman–Crippen MR) is 78.3 cm³/mol. The van der Waals surface area contributed by atoms with Crippen LogP contribution in [-0.4, -0.2) is 33.5 Å². The number of hydrogen-bond acceptors (Lipinski definition) is 4. The van der Waals surface area contributed by atoms with Crippen molar-refractivity contribution in [3.05, 3.63) is 71.3 Å². The topological polar surface area (TPSA) is 107 Å². The normalized spacial score (nSPS) is 12.0. The Balaban J connectivity index is 2.28. The summed E-state index contributed by atoms with van der Waals surface area (Å²) in [6.07, 6.45) is -1.82. The fraction of sp³-hybridized carbons (Fsp3) is 0.125. The van der Waals surface area contributed by atoms with Crippen molar-refractivity contribution in [1.82, 2.24) is 5.32 Å². The van der Waals surface area contributed by atoms with Crippen LogP contribution in [0.1, 0.15) is 32.3 Å². The number of carboxylic acids is 1. The summed E-state index contributed by atoms with van der Waals surface area (Å²) < 4.78 is 0. The van der Waals surface area contributed by atoms with E-state index in [9.17, 15) is 19.8 Å². The van der Waals surface area contributed by atoms with Gasteiger partial charge >= 0.3 is 5.97 Å². The van der Waals surface area contributed by atoms with Gasteiger partial charge in [0.05, 0.1) is 11.1 Å². The Morgan fingerprint density at radius 2 is 1.41 bits per heavy atom. The Kier molecular flexibility index (Phi) is 4.88. The first kappa shape index (κ1) is 15.7. The van der Waals surface area contributed by atoms with Gasteiger partial charge in [-0.15, -0.1) is 0 Å². The molecule has 1 amide bonds. The second-order valence-electron chi connectivity index (χ2n) is 4.63. The number of hydrogen-bond donors (Lipinski definition) is 4. The first-order valence-electron chi connectivity index (χ1n) is 6.55. The molecule has 0 aromatic heterocycles. The van der Waals surface area contributed by atoms with E-state index in [4.69, 9.17) is 5.11 Å². The summed E-state index contributed by atoms with van der Waals surface area (Å²) in [5, 5.41) is 30.5. The molecule has 0 saturated heterocycles. The van der Waals surface area contributed by atoms with Crippen LogP contribution in [0.15, 0.2) is 54.6 Å². The summed E-state index contributed by atoms with van der Waals surface area (Å²) in [6, 6.07) is 13.1. The monoisotopic (exact) mass is 301 g/mol. The van der Waals surface area contributed by atoms with Crippen molar-refractivity contribution < 1.29 is 24.9 Å². The number of amides is 1. The zero-order valence-corrected chi connectivity index (χ0v) is 11.5. The Hall–Kier alpha value is -2.70. The molecule has 6 heteroatoms. The number of aromatic carboxylic acids is 1. The summed E-state index contributed by atoms with van der Waals surface area (Å²) in [7, 11) is 0. The number of nitrogens with one attached hydrogen (secondary N) is 1. The number of rotatable bonds is 5. The van der Waals surface area contributed by atoms with Crippen LogP contribution in [0, 0.1) is 0 Å². The van der Waals surface area contributed by atoms with Gasteiger partial charge in [0.2, 0.25) is 0 Å². The molecule has 2 aromatic carbocycles. The molecule has 2 aromatic rings. The maximum Gasteiger partial charge on any atom is 0.336 e. The maximum absolute atomic E-state index is 12.3. The average Bonchev–Trinajstić information content (AvgIpc) is 2.52. The molecule has 4 N–H and O–H groups in total. The highest BCUT2D eigenvalue weighted by molar-refractivity contribution is 6.04. The molecule has 1 atom stereocenters. The minimum absolute atomic E-state index is 0.0448. The Morgan fingerprint density at radius 1 is 0.864 bits per heavy atom. The molecule has 22 heavy (non-hydrogen) atoms. The Bertz CT molecular complexity index is 669. The Morgan fingerprint density at radius 3 is 1.95 bits per heavy atom. The van der Waals surface area contributed by atoms with Crippen LogP contribution in [-0.2, 0) is 0 Å². The lowest BCUT2D eigenvalue weighted by Gasteiger charge is -2.21. The molecule has 0 aliphatic heterocycles. The number of aliphatic hydroxyl groups excluding tert-OH is 1. The molecule has 0 heterocycles. The fourth-order valence-electron chi connectivity index (χ4n) is 2.08. The molecule has 114 valence electrons. The largest absolute Gasteiger partial charge is 0.478 e. The van der Waals surface area contributed by atoms with Gasteiger partial charge in [0.15, 0.2) is 6.29 Å². The van der Waals surface area contributed by atoms with E-state index in [1.807, 2.05) is 0 Å². The van der Waals surface area contributed by atoms with E-state index >= 15 is 0 Å². The lowest BCUT2D eigenvalue weighted by atomic mass is 10.0. The zero-order chi connectivity index (χ0) is 16.1. The van der Waals surface area contributed by atoms with Crippen LogP contribution in [0.3, 0.4) is 0 Å². The first-order chi connectivity index (χ1) is 10.5. The van der Waals surface area contributed by atoms with Crippen molar-refractivity contribution in [2.75, 3.05) is 0 Å². The van der Waals surface area contributed by atoms with Crippen molar-refractivity contribution in [1.29, 1.82) is 0 Å². The Labute approximate surface area is 126 Å². The van der Waals surface area contributed by atoms with Crippen LogP contribution in [0.25, 0.3) is 0 Å². The summed E-state index contributed by atoms with van der Waals surface area (Å²) >= 11 is 0. The number of benzene rings is 2. The van der Waals surface area contributed by atoms with Crippen LogP contribution >= 0.6 is 0 Å². The van der Waals surface area contributed by atoms with Crippen LogP contribution in [0.4, 0.5) is 0 Å². The summed E-state index contributed by atoms with van der Waals surface area (Å²) in [6.45, 7) is 0. The highest BCUT2D eigenvalue weighted by Crippen LogP contribution is 2.17. The third-order valence-electron chi connectivity index (χ3n) is 3.15. The smallest absolute Gasteiger partial charge is 0.336 e. The van der Waals surface area contributed by atoms with Crippen molar-refractivity contribution >= 4 is 11.9 Å². The van der Waals surface area contributed by atoms with E-state index in [0.717, 1.165) is 0 Å². The van der Waals surface area contributed by atoms with E-state index in [-0.39, 0.29) is 11.1 Å². The van der Waals surface area contributed by atoms with Gasteiger partial charge in [-0.3, -0.25) is 4.79 Å². The molecule has 6 nitrogen and oxygen atoms in total. The van der Waals surface area contributed by atoms with Gasteiger partial charge in [-0.25, -0.2) is 4.79 Å². The van der Waals surface area contributed by atoms with Crippen LogP contribution < -0.4 is 5.32 Å². The standard InChI is InChI=1S/C16H15NO5/c18-14(11-8-4-5-9-12(11)15(19)20)17-13(16(21)22)10-6-2-1-3-7-10/h1-9,13,16,21-22H,(H,17,18)(H,19,20). The van der Waals surface area contributed by atoms with Crippen molar-refractivity contribution in [2.45, 2.75) is 12.3 Å². The van der Waals surface area contributed by atoms with Gasteiger partial charge < -0.3 is 20.6 Å². The molecule has 0 radical (unpaired) electrons. The number of carboxylic acid groups (broad SMARTS) is 1. The molecule has 0 aliphatic rings. The molecule has 0 saturated carbocycles. The van der Waals surface area contributed by atoms with Gasteiger partial charge in [-0.1, -0.05) is 42.5 Å².